The lowest BCUT2D eigenvalue weighted by Gasteiger charge is -2.37. The first-order valence-electron chi connectivity index (χ1n) is 7.23. The lowest BCUT2D eigenvalue weighted by Crippen LogP contribution is -2.33. The number of nitrogens with one attached hydrogen (secondary N) is 2. The molecule has 0 bridgehead atoms. The molecular formula is C17H16BrN3. The lowest BCUT2D eigenvalue weighted by molar-refractivity contribution is 0.374. The number of hydrogen-bond acceptors (Lipinski definition) is 2. The number of aromatic nitrogens is 2. The van der Waals surface area contributed by atoms with E-state index in [9.17, 15) is 0 Å². The summed E-state index contributed by atoms with van der Waals surface area (Å²) in [4.78, 5) is 0. The van der Waals surface area contributed by atoms with Gasteiger partial charge in [0, 0.05) is 21.6 Å². The number of H-pyrrole nitrogens is 1. The lowest BCUT2D eigenvalue weighted by atomic mass is 9.76. The van der Waals surface area contributed by atoms with Crippen LogP contribution < -0.4 is 5.32 Å². The van der Waals surface area contributed by atoms with Gasteiger partial charge in [0.25, 0.3) is 0 Å². The third-order valence-corrected chi connectivity index (χ3v) is 4.76. The maximum absolute atomic E-state index is 4.06. The number of fused-ring (bicyclic) bond motifs is 1. The predicted molar refractivity (Wildman–Crippen MR) is 89.6 cm³/mol. The van der Waals surface area contributed by atoms with Gasteiger partial charge in [-0.05, 0) is 54.7 Å². The fraction of sp³-hybridized carbons (Fsp3) is 0.235. The molecule has 1 aliphatic rings. The normalized spacial score (nSPS) is 21.2. The summed E-state index contributed by atoms with van der Waals surface area (Å²) in [5, 5.41) is 11.8. The molecule has 21 heavy (non-hydrogen) atoms. The number of benzene rings is 2. The maximum atomic E-state index is 4.06. The monoisotopic (exact) mass is 341 g/mol. The van der Waals surface area contributed by atoms with Gasteiger partial charge in [-0.3, -0.25) is 5.10 Å². The smallest absolute Gasteiger partial charge is 0.0651 e. The van der Waals surface area contributed by atoms with E-state index in [4.69, 9.17) is 0 Å². The van der Waals surface area contributed by atoms with Crippen LogP contribution in [0.5, 0.6) is 0 Å². The molecule has 4 rings (SSSR count). The molecule has 0 aliphatic heterocycles. The van der Waals surface area contributed by atoms with E-state index in [1.165, 1.54) is 28.6 Å². The molecule has 1 aliphatic carbocycles. The van der Waals surface area contributed by atoms with Gasteiger partial charge in [-0.2, -0.15) is 5.10 Å². The van der Waals surface area contributed by atoms with Crippen molar-refractivity contribution in [3.63, 3.8) is 0 Å². The number of aromatic amines is 1. The molecule has 1 fully saturated rings. The summed E-state index contributed by atoms with van der Waals surface area (Å²) in [5.74, 6) is 0.678. The van der Waals surface area contributed by atoms with E-state index in [-0.39, 0.29) is 0 Å². The zero-order valence-corrected chi connectivity index (χ0v) is 13.1. The predicted octanol–water partition coefficient (Wildman–Crippen LogP) is 4.68. The zero-order chi connectivity index (χ0) is 14.2. The van der Waals surface area contributed by atoms with Gasteiger partial charge in [0.2, 0.25) is 0 Å². The summed E-state index contributed by atoms with van der Waals surface area (Å²) >= 11 is 3.55. The third kappa shape index (κ3) is 2.56. The second kappa shape index (κ2) is 5.19. The van der Waals surface area contributed by atoms with E-state index in [0.717, 1.165) is 10.9 Å². The maximum Gasteiger partial charge on any atom is 0.0651 e. The average Bonchev–Trinajstić information content (AvgIpc) is 2.89. The van der Waals surface area contributed by atoms with Crippen LogP contribution in [0.1, 0.15) is 24.3 Å². The van der Waals surface area contributed by atoms with Crippen molar-refractivity contribution in [2.45, 2.75) is 24.8 Å². The summed E-state index contributed by atoms with van der Waals surface area (Å²) in [5.41, 5.74) is 3.70. The minimum absolute atomic E-state index is 0.568. The molecule has 1 aromatic heterocycles. The summed E-state index contributed by atoms with van der Waals surface area (Å²) < 4.78 is 1.17. The Morgan fingerprint density at radius 1 is 1.14 bits per heavy atom. The Morgan fingerprint density at radius 3 is 2.90 bits per heavy atom. The molecule has 106 valence electrons. The van der Waals surface area contributed by atoms with E-state index in [2.05, 4.69) is 73.9 Å². The molecule has 3 aromatic rings. The number of hydrogen-bond donors (Lipinski definition) is 2. The molecule has 0 radical (unpaired) electrons. The van der Waals surface area contributed by atoms with E-state index >= 15 is 0 Å². The number of halogens is 1. The van der Waals surface area contributed by atoms with E-state index in [1.807, 2.05) is 6.20 Å². The van der Waals surface area contributed by atoms with Crippen LogP contribution in [-0.2, 0) is 0 Å². The Hall–Kier alpha value is -1.81. The minimum atomic E-state index is 0.568. The fourth-order valence-electron chi connectivity index (χ4n) is 3.04. The molecule has 2 N–H and O–H groups in total. The van der Waals surface area contributed by atoms with Gasteiger partial charge in [-0.15, -0.1) is 0 Å². The highest BCUT2D eigenvalue weighted by atomic mass is 79.9. The Balaban J connectivity index is 1.41. The quantitative estimate of drug-likeness (QED) is 0.725. The van der Waals surface area contributed by atoms with Crippen molar-refractivity contribution in [3.8, 4) is 0 Å². The largest absolute Gasteiger partial charge is 0.382 e. The summed E-state index contributed by atoms with van der Waals surface area (Å²) in [7, 11) is 0. The molecule has 0 spiro atoms. The van der Waals surface area contributed by atoms with Gasteiger partial charge < -0.3 is 5.32 Å². The third-order valence-electron chi connectivity index (χ3n) is 4.27. The first kappa shape index (κ1) is 12.9. The van der Waals surface area contributed by atoms with Crippen molar-refractivity contribution in [2.24, 2.45) is 0 Å². The van der Waals surface area contributed by atoms with Crippen molar-refractivity contribution < 1.29 is 0 Å². The Kier molecular flexibility index (Phi) is 3.19. The first-order chi connectivity index (χ1) is 10.3. The molecule has 0 amide bonds. The van der Waals surface area contributed by atoms with Crippen LogP contribution in [0.2, 0.25) is 0 Å². The van der Waals surface area contributed by atoms with Crippen molar-refractivity contribution in [1.29, 1.82) is 0 Å². The first-order valence-corrected chi connectivity index (χ1v) is 8.02. The van der Waals surface area contributed by atoms with Gasteiger partial charge in [0.05, 0.1) is 11.7 Å². The van der Waals surface area contributed by atoms with Crippen LogP contribution in [-0.4, -0.2) is 16.2 Å². The number of rotatable bonds is 3. The highest BCUT2D eigenvalue weighted by molar-refractivity contribution is 9.10. The Bertz CT molecular complexity index is 774. The van der Waals surface area contributed by atoms with E-state index in [1.54, 1.807) is 0 Å². The van der Waals surface area contributed by atoms with Gasteiger partial charge in [0.1, 0.15) is 0 Å². The van der Waals surface area contributed by atoms with E-state index < -0.39 is 0 Å². The molecule has 4 heteroatoms. The van der Waals surface area contributed by atoms with Gasteiger partial charge in [-0.1, -0.05) is 28.1 Å². The summed E-state index contributed by atoms with van der Waals surface area (Å²) in [6, 6.07) is 15.6. The van der Waals surface area contributed by atoms with Crippen LogP contribution in [0, 0.1) is 0 Å². The molecule has 2 aromatic carbocycles. The highest BCUT2D eigenvalue weighted by Gasteiger charge is 2.30. The molecular weight excluding hydrogens is 326 g/mol. The number of nitrogens with zero attached hydrogens (tertiary/aromatic N) is 1. The molecule has 0 atom stereocenters. The standard InChI is InChI=1S/C17H16BrN3/c18-14-3-1-2-11(6-14)12-7-16(8-12)20-15-4-5-17-13(9-15)10-19-21-17/h1-6,9-10,12,16,20H,7-8H2,(H,19,21). The molecule has 1 heterocycles. The van der Waals surface area contributed by atoms with Crippen molar-refractivity contribution in [2.75, 3.05) is 5.32 Å². The van der Waals surface area contributed by atoms with Crippen LogP contribution in [0.25, 0.3) is 10.9 Å². The minimum Gasteiger partial charge on any atom is -0.382 e. The summed E-state index contributed by atoms with van der Waals surface area (Å²) in [6.45, 7) is 0. The van der Waals surface area contributed by atoms with Gasteiger partial charge in [0.15, 0.2) is 0 Å². The highest BCUT2D eigenvalue weighted by Crippen LogP contribution is 2.39. The molecule has 0 unspecified atom stereocenters. The second-order valence-electron chi connectivity index (χ2n) is 5.74. The van der Waals surface area contributed by atoms with Gasteiger partial charge in [-0.25, -0.2) is 0 Å². The van der Waals surface area contributed by atoms with Gasteiger partial charge >= 0.3 is 0 Å². The van der Waals surface area contributed by atoms with E-state index in [0.29, 0.717) is 12.0 Å². The number of anilines is 1. The van der Waals surface area contributed by atoms with Crippen molar-refractivity contribution in [1.82, 2.24) is 10.2 Å². The van der Waals surface area contributed by atoms with Crippen molar-refractivity contribution in [3.05, 3.63) is 58.7 Å². The van der Waals surface area contributed by atoms with Crippen LogP contribution in [0.15, 0.2) is 53.1 Å². The zero-order valence-electron chi connectivity index (χ0n) is 11.5. The SMILES string of the molecule is Brc1cccc(C2CC(Nc3ccc4[nH]ncc4c3)C2)c1. The fourth-order valence-corrected chi connectivity index (χ4v) is 3.45. The van der Waals surface area contributed by atoms with Crippen molar-refractivity contribution >= 4 is 32.5 Å². The second-order valence-corrected chi connectivity index (χ2v) is 6.65. The average molecular weight is 342 g/mol. The Labute approximate surface area is 131 Å². The topological polar surface area (TPSA) is 40.7 Å². The molecule has 1 saturated carbocycles. The summed E-state index contributed by atoms with van der Waals surface area (Å²) in [6.07, 6.45) is 4.26. The molecule has 0 saturated heterocycles. The van der Waals surface area contributed by atoms with Crippen LogP contribution in [0.3, 0.4) is 0 Å². The van der Waals surface area contributed by atoms with Crippen LogP contribution in [0.4, 0.5) is 5.69 Å². The molecule has 3 nitrogen and oxygen atoms in total. The Morgan fingerprint density at radius 2 is 2.05 bits per heavy atom. The van der Waals surface area contributed by atoms with Crippen LogP contribution >= 0.6 is 15.9 Å².